The number of nitrogens with zero attached hydrogens (tertiary/aromatic N) is 3. The SMILES string of the molecule is Cc1ccc2nc(-c3ccc(F)c(C)c3)c(CC(=O)N(C)c3ccccc3)n2c1. The number of halogens is 1. The van der Waals surface area contributed by atoms with Crippen molar-refractivity contribution in [1.82, 2.24) is 9.38 Å². The van der Waals surface area contributed by atoms with Crippen molar-refractivity contribution < 1.29 is 9.18 Å². The minimum Gasteiger partial charge on any atom is -0.315 e. The summed E-state index contributed by atoms with van der Waals surface area (Å²) in [6.45, 7) is 3.73. The second-order valence-corrected chi connectivity index (χ2v) is 7.27. The third kappa shape index (κ3) is 3.63. The van der Waals surface area contributed by atoms with E-state index in [1.807, 2.05) is 60.0 Å². The van der Waals surface area contributed by atoms with Gasteiger partial charge in [0.1, 0.15) is 11.5 Å². The smallest absolute Gasteiger partial charge is 0.232 e. The number of hydrogen-bond donors (Lipinski definition) is 0. The number of hydrogen-bond acceptors (Lipinski definition) is 2. The molecular formula is C24H22FN3O. The van der Waals surface area contributed by atoms with Crippen LogP contribution in [0.5, 0.6) is 0 Å². The first-order valence-electron chi connectivity index (χ1n) is 9.50. The highest BCUT2D eigenvalue weighted by Crippen LogP contribution is 2.28. The lowest BCUT2D eigenvalue weighted by atomic mass is 10.1. The molecule has 0 N–H and O–H groups in total. The molecule has 2 aromatic heterocycles. The Kier molecular flexibility index (Phi) is 4.89. The number of aryl methyl sites for hydroxylation is 2. The molecule has 0 unspecified atom stereocenters. The molecule has 0 bridgehead atoms. The van der Waals surface area contributed by atoms with Crippen molar-refractivity contribution in [2.24, 2.45) is 0 Å². The standard InChI is InChI=1S/C24H22FN3O/c1-16-9-12-22-26-24(18-10-11-20(25)17(2)13-18)21(28(22)15-16)14-23(29)27(3)19-7-5-4-6-8-19/h4-13,15H,14H2,1-3H3. The summed E-state index contributed by atoms with van der Waals surface area (Å²) in [5, 5.41) is 0. The van der Waals surface area contributed by atoms with Crippen LogP contribution in [0.3, 0.4) is 0 Å². The number of anilines is 1. The van der Waals surface area contributed by atoms with E-state index in [0.717, 1.165) is 28.2 Å². The number of amides is 1. The minimum atomic E-state index is -0.255. The van der Waals surface area contributed by atoms with E-state index in [0.29, 0.717) is 11.3 Å². The predicted octanol–water partition coefficient (Wildman–Crippen LogP) is 4.96. The Labute approximate surface area is 169 Å². The van der Waals surface area contributed by atoms with Crippen molar-refractivity contribution in [1.29, 1.82) is 0 Å². The Hall–Kier alpha value is -3.47. The van der Waals surface area contributed by atoms with Gasteiger partial charge >= 0.3 is 0 Å². The first-order valence-corrected chi connectivity index (χ1v) is 9.50. The lowest BCUT2D eigenvalue weighted by Crippen LogP contribution is -2.28. The fourth-order valence-electron chi connectivity index (χ4n) is 3.45. The molecular weight excluding hydrogens is 365 g/mol. The van der Waals surface area contributed by atoms with Crippen LogP contribution in [0.1, 0.15) is 16.8 Å². The lowest BCUT2D eigenvalue weighted by Gasteiger charge is -2.17. The van der Waals surface area contributed by atoms with Crippen molar-refractivity contribution in [2.45, 2.75) is 20.3 Å². The number of aromatic nitrogens is 2. The Balaban J connectivity index is 1.80. The van der Waals surface area contributed by atoms with E-state index < -0.39 is 0 Å². The molecule has 0 atom stereocenters. The Morgan fingerprint density at radius 2 is 1.83 bits per heavy atom. The molecule has 0 radical (unpaired) electrons. The fraction of sp³-hybridized carbons (Fsp3) is 0.167. The zero-order chi connectivity index (χ0) is 20.5. The maximum Gasteiger partial charge on any atom is 0.232 e. The quantitative estimate of drug-likeness (QED) is 0.496. The van der Waals surface area contributed by atoms with Gasteiger partial charge in [-0.05, 0) is 61.4 Å². The summed E-state index contributed by atoms with van der Waals surface area (Å²) in [6.07, 6.45) is 2.16. The Bertz CT molecular complexity index is 1200. The van der Waals surface area contributed by atoms with Crippen LogP contribution >= 0.6 is 0 Å². The van der Waals surface area contributed by atoms with Gasteiger partial charge in [0.25, 0.3) is 0 Å². The van der Waals surface area contributed by atoms with Crippen molar-refractivity contribution >= 4 is 17.2 Å². The van der Waals surface area contributed by atoms with E-state index in [4.69, 9.17) is 4.98 Å². The van der Waals surface area contributed by atoms with Crippen molar-refractivity contribution in [3.8, 4) is 11.3 Å². The molecule has 0 fully saturated rings. The molecule has 4 nitrogen and oxygen atoms in total. The van der Waals surface area contributed by atoms with Crippen LogP contribution in [0.4, 0.5) is 10.1 Å². The molecule has 2 heterocycles. The maximum atomic E-state index is 13.8. The molecule has 4 rings (SSSR count). The zero-order valence-electron chi connectivity index (χ0n) is 16.7. The topological polar surface area (TPSA) is 37.6 Å². The summed E-state index contributed by atoms with van der Waals surface area (Å²) >= 11 is 0. The monoisotopic (exact) mass is 387 g/mol. The van der Waals surface area contributed by atoms with E-state index in [2.05, 4.69) is 0 Å². The van der Waals surface area contributed by atoms with Gasteiger partial charge < -0.3 is 9.30 Å². The number of fused-ring (bicyclic) bond motifs is 1. The van der Waals surface area contributed by atoms with E-state index in [1.54, 1.807) is 31.0 Å². The van der Waals surface area contributed by atoms with E-state index in [1.165, 1.54) is 6.07 Å². The number of pyridine rings is 1. The van der Waals surface area contributed by atoms with Crippen LogP contribution in [0.25, 0.3) is 16.9 Å². The summed E-state index contributed by atoms with van der Waals surface area (Å²) in [5.41, 5.74) is 5.52. The number of carbonyl (C=O) groups excluding carboxylic acids is 1. The highest BCUT2D eigenvalue weighted by atomic mass is 19.1. The maximum absolute atomic E-state index is 13.8. The van der Waals surface area contributed by atoms with Gasteiger partial charge in [0.05, 0.1) is 17.8 Å². The molecule has 0 aliphatic heterocycles. The molecule has 0 aliphatic rings. The van der Waals surface area contributed by atoms with Gasteiger partial charge in [-0.3, -0.25) is 4.79 Å². The molecule has 0 saturated carbocycles. The van der Waals surface area contributed by atoms with Gasteiger partial charge in [0, 0.05) is 24.5 Å². The van der Waals surface area contributed by atoms with E-state index in [-0.39, 0.29) is 18.1 Å². The van der Waals surface area contributed by atoms with Crippen LogP contribution in [0, 0.1) is 19.7 Å². The molecule has 146 valence electrons. The van der Waals surface area contributed by atoms with Gasteiger partial charge in [-0.15, -0.1) is 0 Å². The molecule has 29 heavy (non-hydrogen) atoms. The van der Waals surface area contributed by atoms with Crippen LogP contribution in [0.15, 0.2) is 66.9 Å². The number of benzene rings is 2. The van der Waals surface area contributed by atoms with Crippen molar-refractivity contribution in [3.63, 3.8) is 0 Å². The number of rotatable bonds is 4. The summed E-state index contributed by atoms with van der Waals surface area (Å²) in [5.74, 6) is -0.297. The summed E-state index contributed by atoms with van der Waals surface area (Å²) in [4.78, 5) is 19.5. The van der Waals surface area contributed by atoms with Crippen LogP contribution in [-0.2, 0) is 11.2 Å². The van der Waals surface area contributed by atoms with Crippen molar-refractivity contribution in [2.75, 3.05) is 11.9 Å². The molecule has 5 heteroatoms. The third-order valence-corrected chi connectivity index (χ3v) is 5.13. The predicted molar refractivity (Wildman–Crippen MR) is 114 cm³/mol. The van der Waals surface area contributed by atoms with Gasteiger partial charge in [0.2, 0.25) is 5.91 Å². The fourth-order valence-corrected chi connectivity index (χ4v) is 3.45. The highest BCUT2D eigenvalue weighted by molar-refractivity contribution is 5.95. The molecule has 0 spiro atoms. The van der Waals surface area contributed by atoms with Crippen LogP contribution < -0.4 is 4.90 Å². The van der Waals surface area contributed by atoms with Crippen LogP contribution in [-0.4, -0.2) is 22.3 Å². The minimum absolute atomic E-state index is 0.0420. The van der Waals surface area contributed by atoms with Crippen molar-refractivity contribution in [3.05, 3.63) is 89.5 Å². The Morgan fingerprint density at radius 1 is 1.07 bits per heavy atom. The summed E-state index contributed by atoms with van der Waals surface area (Å²) < 4.78 is 15.7. The normalized spacial score (nSPS) is 11.0. The second-order valence-electron chi connectivity index (χ2n) is 7.27. The molecule has 4 aromatic rings. The van der Waals surface area contributed by atoms with Gasteiger partial charge in [-0.1, -0.05) is 24.3 Å². The number of imidazole rings is 1. The van der Waals surface area contributed by atoms with Crippen LogP contribution in [0.2, 0.25) is 0 Å². The highest BCUT2D eigenvalue weighted by Gasteiger charge is 2.20. The van der Waals surface area contributed by atoms with Gasteiger partial charge in [-0.2, -0.15) is 0 Å². The number of para-hydroxylation sites is 1. The third-order valence-electron chi connectivity index (χ3n) is 5.13. The zero-order valence-corrected chi connectivity index (χ0v) is 16.7. The largest absolute Gasteiger partial charge is 0.315 e. The van der Waals surface area contributed by atoms with Gasteiger partial charge in [-0.25, -0.2) is 9.37 Å². The number of carbonyl (C=O) groups is 1. The molecule has 1 amide bonds. The first-order chi connectivity index (χ1) is 13.9. The number of likely N-dealkylation sites (N-methyl/N-ethyl adjacent to an activating group) is 1. The molecule has 0 aliphatic carbocycles. The van der Waals surface area contributed by atoms with E-state index in [9.17, 15) is 9.18 Å². The average Bonchev–Trinajstić information content (AvgIpc) is 3.07. The lowest BCUT2D eigenvalue weighted by molar-refractivity contribution is -0.117. The average molecular weight is 387 g/mol. The van der Waals surface area contributed by atoms with Gasteiger partial charge in [0.15, 0.2) is 0 Å². The summed E-state index contributed by atoms with van der Waals surface area (Å²) in [6, 6.07) is 18.4. The van der Waals surface area contributed by atoms with E-state index >= 15 is 0 Å². The summed E-state index contributed by atoms with van der Waals surface area (Å²) in [7, 11) is 1.77. The molecule has 0 saturated heterocycles. The molecule has 2 aromatic carbocycles. The Morgan fingerprint density at radius 3 is 2.55 bits per heavy atom. The first kappa shape index (κ1) is 18.9. The second kappa shape index (κ2) is 7.51.